The first kappa shape index (κ1) is 13.7. The van der Waals surface area contributed by atoms with Crippen LogP contribution in [0.5, 0.6) is 0 Å². The molecule has 1 aromatic carbocycles. The minimum atomic E-state index is 0.571. The standard InChI is InChI=1S/C15H24N4O/c16-15-12(10-18-13-4-5-17-11-13)2-1-3-14(15)19-6-8-20-9-7-19/h1-3,13,17-18H,4-11,16H2/t13-/m1/s1. The molecule has 3 rings (SSSR count). The van der Waals surface area contributed by atoms with E-state index < -0.39 is 0 Å². The van der Waals surface area contributed by atoms with Crippen LogP contribution in [0.4, 0.5) is 11.4 Å². The molecular formula is C15H24N4O. The molecule has 5 heteroatoms. The molecule has 0 aromatic heterocycles. The van der Waals surface area contributed by atoms with Crippen molar-refractivity contribution in [2.75, 3.05) is 50.0 Å². The fourth-order valence-corrected chi connectivity index (χ4v) is 2.92. The highest BCUT2D eigenvalue weighted by atomic mass is 16.5. The average molecular weight is 276 g/mol. The Morgan fingerprint density at radius 3 is 2.95 bits per heavy atom. The van der Waals surface area contributed by atoms with E-state index in [0.29, 0.717) is 6.04 Å². The summed E-state index contributed by atoms with van der Waals surface area (Å²) in [5.74, 6) is 0. The third-order valence-electron chi connectivity index (χ3n) is 4.17. The number of nitrogen functional groups attached to an aromatic ring is 1. The minimum Gasteiger partial charge on any atom is -0.397 e. The average Bonchev–Trinajstić information content (AvgIpc) is 3.00. The van der Waals surface area contributed by atoms with E-state index in [9.17, 15) is 0 Å². The van der Waals surface area contributed by atoms with Crippen LogP contribution in [0.3, 0.4) is 0 Å². The number of nitrogens with zero attached hydrogens (tertiary/aromatic N) is 1. The molecular weight excluding hydrogens is 252 g/mol. The van der Waals surface area contributed by atoms with Crippen molar-refractivity contribution < 1.29 is 4.74 Å². The number of rotatable bonds is 4. The monoisotopic (exact) mass is 276 g/mol. The molecule has 2 aliphatic rings. The van der Waals surface area contributed by atoms with Crippen molar-refractivity contribution in [1.29, 1.82) is 0 Å². The number of para-hydroxylation sites is 1. The molecule has 0 radical (unpaired) electrons. The topological polar surface area (TPSA) is 62.5 Å². The zero-order valence-electron chi connectivity index (χ0n) is 11.9. The predicted octanol–water partition coefficient (Wildman–Crippen LogP) is 0.557. The summed E-state index contributed by atoms with van der Waals surface area (Å²) in [6.45, 7) is 6.44. The summed E-state index contributed by atoms with van der Waals surface area (Å²) >= 11 is 0. The number of ether oxygens (including phenoxy) is 1. The van der Waals surface area contributed by atoms with Crippen molar-refractivity contribution in [3.8, 4) is 0 Å². The molecule has 5 nitrogen and oxygen atoms in total. The Morgan fingerprint density at radius 2 is 2.20 bits per heavy atom. The summed E-state index contributed by atoms with van der Waals surface area (Å²) in [4.78, 5) is 2.32. The summed E-state index contributed by atoms with van der Waals surface area (Å²) in [6.07, 6.45) is 1.20. The van der Waals surface area contributed by atoms with Gasteiger partial charge in [0.15, 0.2) is 0 Å². The smallest absolute Gasteiger partial charge is 0.0642 e. The molecule has 0 saturated carbocycles. The van der Waals surface area contributed by atoms with Gasteiger partial charge >= 0.3 is 0 Å². The lowest BCUT2D eigenvalue weighted by Crippen LogP contribution is -2.37. The minimum absolute atomic E-state index is 0.571. The van der Waals surface area contributed by atoms with Crippen molar-refractivity contribution >= 4 is 11.4 Å². The van der Waals surface area contributed by atoms with Gasteiger partial charge in [-0.15, -0.1) is 0 Å². The fourth-order valence-electron chi connectivity index (χ4n) is 2.92. The molecule has 2 aliphatic heterocycles. The molecule has 0 bridgehead atoms. The molecule has 2 saturated heterocycles. The summed E-state index contributed by atoms with van der Waals surface area (Å²) in [6, 6.07) is 6.91. The quantitative estimate of drug-likeness (QED) is 0.701. The molecule has 0 amide bonds. The molecule has 4 N–H and O–H groups in total. The van der Waals surface area contributed by atoms with Crippen LogP contribution < -0.4 is 21.3 Å². The van der Waals surface area contributed by atoms with E-state index in [2.05, 4.69) is 33.7 Å². The van der Waals surface area contributed by atoms with Crippen LogP contribution in [0.25, 0.3) is 0 Å². The predicted molar refractivity (Wildman–Crippen MR) is 82.0 cm³/mol. The van der Waals surface area contributed by atoms with Crippen molar-refractivity contribution in [1.82, 2.24) is 10.6 Å². The summed E-state index contributed by atoms with van der Waals surface area (Å²) in [5, 5.41) is 6.95. The van der Waals surface area contributed by atoms with Gasteiger partial charge in [0.25, 0.3) is 0 Å². The maximum Gasteiger partial charge on any atom is 0.0642 e. The number of nitrogens with two attached hydrogens (primary N) is 1. The van der Waals surface area contributed by atoms with Gasteiger partial charge in [0.05, 0.1) is 24.6 Å². The van der Waals surface area contributed by atoms with E-state index in [0.717, 1.165) is 57.3 Å². The van der Waals surface area contributed by atoms with Crippen molar-refractivity contribution in [3.05, 3.63) is 23.8 Å². The van der Waals surface area contributed by atoms with E-state index >= 15 is 0 Å². The van der Waals surface area contributed by atoms with Crippen LogP contribution in [-0.4, -0.2) is 45.4 Å². The molecule has 0 aliphatic carbocycles. The lowest BCUT2D eigenvalue weighted by Gasteiger charge is -2.30. The summed E-state index contributed by atoms with van der Waals surface area (Å²) < 4.78 is 5.40. The van der Waals surface area contributed by atoms with Crippen LogP contribution in [0.2, 0.25) is 0 Å². The molecule has 2 fully saturated rings. The first-order valence-electron chi connectivity index (χ1n) is 7.49. The SMILES string of the molecule is Nc1c(CN[C@@H]2CCNC2)cccc1N1CCOCC1. The van der Waals surface area contributed by atoms with E-state index in [1.165, 1.54) is 12.0 Å². The highest BCUT2D eigenvalue weighted by Crippen LogP contribution is 2.27. The maximum absolute atomic E-state index is 6.36. The Labute approximate surface area is 120 Å². The van der Waals surface area contributed by atoms with E-state index in [4.69, 9.17) is 10.5 Å². The highest BCUT2D eigenvalue weighted by molar-refractivity contribution is 5.71. The molecule has 110 valence electrons. The number of hydrogen-bond acceptors (Lipinski definition) is 5. The second-order valence-corrected chi connectivity index (χ2v) is 5.52. The van der Waals surface area contributed by atoms with Gasteiger partial charge in [0, 0.05) is 32.2 Å². The van der Waals surface area contributed by atoms with Gasteiger partial charge in [0.2, 0.25) is 0 Å². The molecule has 0 unspecified atom stereocenters. The van der Waals surface area contributed by atoms with E-state index in [-0.39, 0.29) is 0 Å². The highest BCUT2D eigenvalue weighted by Gasteiger charge is 2.17. The van der Waals surface area contributed by atoms with Gasteiger partial charge in [-0.1, -0.05) is 12.1 Å². The van der Waals surface area contributed by atoms with Crippen LogP contribution in [0.1, 0.15) is 12.0 Å². The van der Waals surface area contributed by atoms with Crippen LogP contribution >= 0.6 is 0 Å². The van der Waals surface area contributed by atoms with Gasteiger partial charge < -0.3 is 26.0 Å². The Bertz CT molecular complexity index is 439. The lowest BCUT2D eigenvalue weighted by molar-refractivity contribution is 0.123. The van der Waals surface area contributed by atoms with Gasteiger partial charge in [0.1, 0.15) is 0 Å². The summed E-state index contributed by atoms with van der Waals surface area (Å²) in [7, 11) is 0. The number of nitrogens with one attached hydrogen (secondary N) is 2. The Balaban J connectivity index is 1.67. The Kier molecular flexibility index (Phi) is 4.40. The van der Waals surface area contributed by atoms with Crippen LogP contribution in [0.15, 0.2) is 18.2 Å². The Hall–Kier alpha value is -1.30. The third-order valence-corrected chi connectivity index (χ3v) is 4.17. The van der Waals surface area contributed by atoms with Crippen LogP contribution in [-0.2, 0) is 11.3 Å². The molecule has 1 aromatic rings. The maximum atomic E-state index is 6.36. The molecule has 0 spiro atoms. The zero-order valence-corrected chi connectivity index (χ0v) is 11.9. The fraction of sp³-hybridized carbons (Fsp3) is 0.600. The van der Waals surface area contributed by atoms with Gasteiger partial charge in [-0.2, -0.15) is 0 Å². The van der Waals surface area contributed by atoms with Gasteiger partial charge in [-0.25, -0.2) is 0 Å². The second kappa shape index (κ2) is 6.43. The van der Waals surface area contributed by atoms with Crippen LogP contribution in [0, 0.1) is 0 Å². The Morgan fingerprint density at radius 1 is 1.35 bits per heavy atom. The summed E-state index contributed by atoms with van der Waals surface area (Å²) in [5.41, 5.74) is 9.62. The van der Waals surface area contributed by atoms with Gasteiger partial charge in [-0.05, 0) is 24.6 Å². The first-order valence-corrected chi connectivity index (χ1v) is 7.49. The largest absolute Gasteiger partial charge is 0.397 e. The number of anilines is 2. The normalized spacial score (nSPS) is 23.2. The van der Waals surface area contributed by atoms with E-state index in [1.54, 1.807) is 0 Å². The third kappa shape index (κ3) is 3.06. The molecule has 20 heavy (non-hydrogen) atoms. The van der Waals surface area contributed by atoms with Crippen molar-refractivity contribution in [2.24, 2.45) is 0 Å². The lowest BCUT2D eigenvalue weighted by atomic mass is 10.1. The van der Waals surface area contributed by atoms with Gasteiger partial charge in [-0.3, -0.25) is 0 Å². The zero-order chi connectivity index (χ0) is 13.8. The van der Waals surface area contributed by atoms with Crippen molar-refractivity contribution in [2.45, 2.75) is 19.0 Å². The number of morpholine rings is 1. The van der Waals surface area contributed by atoms with E-state index in [1.807, 2.05) is 0 Å². The van der Waals surface area contributed by atoms with Crippen molar-refractivity contribution in [3.63, 3.8) is 0 Å². The second-order valence-electron chi connectivity index (χ2n) is 5.52. The number of hydrogen-bond donors (Lipinski definition) is 3. The first-order chi connectivity index (χ1) is 9.84. The molecule has 2 heterocycles. The molecule has 1 atom stereocenters. The number of benzene rings is 1.